The fourth-order valence-corrected chi connectivity index (χ4v) is 7.00. The first-order valence-electron chi connectivity index (χ1n) is 12.3. The molecule has 0 aromatic heterocycles. The number of halogens is 2. The van der Waals surface area contributed by atoms with E-state index in [4.69, 9.17) is 0 Å². The summed E-state index contributed by atoms with van der Waals surface area (Å²) >= 11 is 0. The zero-order chi connectivity index (χ0) is 23.9. The molecule has 3 rings (SSSR count). The van der Waals surface area contributed by atoms with Crippen molar-refractivity contribution >= 4 is 0 Å². The predicted octanol–water partition coefficient (Wildman–Crippen LogP) is 5.95. The molecule has 182 valence electrons. The molecule has 6 atom stereocenters. The molecule has 3 aliphatic carbocycles. The first-order valence-corrected chi connectivity index (χ1v) is 12.3. The van der Waals surface area contributed by atoms with Crippen LogP contribution in [0, 0.1) is 23.2 Å². The maximum absolute atomic E-state index is 14.6. The second-order valence-corrected chi connectivity index (χ2v) is 11.7. The van der Waals surface area contributed by atoms with Crippen LogP contribution < -0.4 is 0 Å². The van der Waals surface area contributed by atoms with Crippen LogP contribution >= 0.6 is 0 Å². The number of hydrogen-bond donors (Lipinski definition) is 3. The van der Waals surface area contributed by atoms with E-state index >= 15 is 0 Å². The van der Waals surface area contributed by atoms with Crippen LogP contribution in [0.3, 0.4) is 0 Å². The van der Waals surface area contributed by atoms with Gasteiger partial charge in [0.15, 0.2) is 0 Å². The van der Waals surface area contributed by atoms with Crippen LogP contribution in [0.25, 0.3) is 0 Å². The van der Waals surface area contributed by atoms with E-state index < -0.39 is 30.2 Å². The van der Waals surface area contributed by atoms with Crippen molar-refractivity contribution in [1.29, 1.82) is 0 Å². The standard InChI is InChI=1S/C27H42F2O3/c1-17(15-27(28,29)16-25(3,4)32)22-10-11-23-19(7-6-12-26(22,23)5)8-9-20-13-21(30)14-24(31)18(20)2/h8-9,17,21-24,30-32H,2,6-7,10-16H2,1,3-5H3/b19-8-,20-9-. The van der Waals surface area contributed by atoms with E-state index in [0.29, 0.717) is 24.3 Å². The lowest BCUT2D eigenvalue weighted by atomic mass is 9.60. The molecule has 3 N–H and O–H groups in total. The van der Waals surface area contributed by atoms with Crippen LogP contribution in [0.1, 0.15) is 85.5 Å². The molecule has 0 amide bonds. The molecule has 0 aromatic carbocycles. The molecule has 3 nitrogen and oxygen atoms in total. The van der Waals surface area contributed by atoms with Crippen molar-refractivity contribution in [1.82, 2.24) is 0 Å². The minimum absolute atomic E-state index is 0.00935. The van der Waals surface area contributed by atoms with Crippen molar-refractivity contribution in [3.8, 4) is 0 Å². The highest BCUT2D eigenvalue weighted by Gasteiger charge is 2.52. The lowest BCUT2D eigenvalue weighted by molar-refractivity contribution is -0.0949. The zero-order valence-corrected chi connectivity index (χ0v) is 20.2. The van der Waals surface area contributed by atoms with E-state index in [1.54, 1.807) is 0 Å². The molecule has 0 aliphatic heterocycles. The third-order valence-electron chi connectivity index (χ3n) is 8.30. The number of hydrogen-bond acceptors (Lipinski definition) is 3. The van der Waals surface area contributed by atoms with Gasteiger partial charge in [0.1, 0.15) is 0 Å². The summed E-state index contributed by atoms with van der Waals surface area (Å²) in [6.07, 6.45) is 8.20. The summed E-state index contributed by atoms with van der Waals surface area (Å²) in [4.78, 5) is 0. The van der Waals surface area contributed by atoms with Crippen molar-refractivity contribution in [2.45, 2.75) is 109 Å². The quantitative estimate of drug-likeness (QED) is 0.467. The largest absolute Gasteiger partial charge is 0.393 e. The first kappa shape index (κ1) is 25.6. The third kappa shape index (κ3) is 5.71. The summed E-state index contributed by atoms with van der Waals surface area (Å²) in [7, 11) is 0. The smallest absolute Gasteiger partial charge is 0.251 e. The van der Waals surface area contributed by atoms with Crippen LogP contribution in [-0.4, -0.2) is 39.1 Å². The summed E-state index contributed by atoms with van der Waals surface area (Å²) in [6, 6.07) is 0. The first-order chi connectivity index (χ1) is 14.7. The lowest BCUT2D eigenvalue weighted by Crippen LogP contribution is -2.39. The van der Waals surface area contributed by atoms with E-state index in [1.807, 2.05) is 13.0 Å². The Balaban J connectivity index is 1.75. The molecular formula is C27H42F2O3. The third-order valence-corrected chi connectivity index (χ3v) is 8.30. The number of allylic oxidation sites excluding steroid dienone is 3. The van der Waals surface area contributed by atoms with Crippen molar-refractivity contribution in [3.05, 3.63) is 35.5 Å². The van der Waals surface area contributed by atoms with Crippen molar-refractivity contribution < 1.29 is 24.1 Å². The fourth-order valence-electron chi connectivity index (χ4n) is 7.00. The van der Waals surface area contributed by atoms with Crippen LogP contribution in [0.15, 0.2) is 35.5 Å². The lowest BCUT2D eigenvalue weighted by Gasteiger charge is -2.45. The van der Waals surface area contributed by atoms with Crippen LogP contribution in [0.5, 0.6) is 0 Å². The van der Waals surface area contributed by atoms with E-state index in [9.17, 15) is 24.1 Å². The summed E-state index contributed by atoms with van der Waals surface area (Å²) in [5, 5.41) is 30.0. The Morgan fingerprint density at radius 3 is 2.56 bits per heavy atom. The number of aliphatic hydroxyl groups excluding tert-OH is 2. The van der Waals surface area contributed by atoms with Gasteiger partial charge in [0, 0.05) is 19.3 Å². The van der Waals surface area contributed by atoms with Crippen molar-refractivity contribution in [2.24, 2.45) is 23.2 Å². The van der Waals surface area contributed by atoms with Gasteiger partial charge in [-0.2, -0.15) is 0 Å². The van der Waals surface area contributed by atoms with Gasteiger partial charge < -0.3 is 15.3 Å². The van der Waals surface area contributed by atoms with Gasteiger partial charge in [0.2, 0.25) is 0 Å². The molecule has 5 heteroatoms. The highest BCUT2D eigenvalue weighted by molar-refractivity contribution is 5.38. The van der Waals surface area contributed by atoms with E-state index in [2.05, 4.69) is 19.6 Å². The summed E-state index contributed by atoms with van der Waals surface area (Å²) in [5.41, 5.74) is 1.61. The maximum Gasteiger partial charge on any atom is 0.251 e. The van der Waals surface area contributed by atoms with Gasteiger partial charge in [-0.05, 0) is 86.7 Å². The molecule has 3 fully saturated rings. The molecule has 6 unspecified atom stereocenters. The van der Waals surface area contributed by atoms with Crippen LogP contribution in [-0.2, 0) is 0 Å². The van der Waals surface area contributed by atoms with Gasteiger partial charge in [-0.1, -0.05) is 38.2 Å². The molecule has 0 aromatic rings. The summed E-state index contributed by atoms with van der Waals surface area (Å²) in [5.74, 6) is -2.35. The SMILES string of the molecule is C=C1/C(=C\C=C2\CCCC3(C)C2CCC3C(C)CC(F)(F)CC(C)(C)O)CC(O)CC1O. The summed E-state index contributed by atoms with van der Waals surface area (Å²) < 4.78 is 29.3. The minimum Gasteiger partial charge on any atom is -0.393 e. The molecular weight excluding hydrogens is 410 g/mol. The maximum atomic E-state index is 14.6. The minimum atomic E-state index is -2.87. The van der Waals surface area contributed by atoms with E-state index in [-0.39, 0.29) is 23.7 Å². The van der Waals surface area contributed by atoms with Crippen molar-refractivity contribution in [2.75, 3.05) is 0 Å². The molecule has 0 radical (unpaired) electrons. The van der Waals surface area contributed by atoms with Gasteiger partial charge >= 0.3 is 0 Å². The molecule has 0 bridgehead atoms. The Bertz CT molecular complexity index is 763. The zero-order valence-electron chi connectivity index (χ0n) is 20.2. The Hall–Kier alpha value is -1.04. The van der Waals surface area contributed by atoms with Gasteiger partial charge in [-0.15, -0.1) is 0 Å². The fraction of sp³-hybridized carbons (Fsp3) is 0.778. The predicted molar refractivity (Wildman–Crippen MR) is 124 cm³/mol. The average molecular weight is 453 g/mol. The van der Waals surface area contributed by atoms with Gasteiger partial charge in [0.05, 0.1) is 17.8 Å². The van der Waals surface area contributed by atoms with Crippen molar-refractivity contribution in [3.63, 3.8) is 0 Å². The second-order valence-electron chi connectivity index (χ2n) is 11.7. The number of fused-ring (bicyclic) bond motifs is 1. The second kappa shape index (κ2) is 9.31. The van der Waals surface area contributed by atoms with E-state index in [0.717, 1.165) is 37.7 Å². The van der Waals surface area contributed by atoms with Gasteiger partial charge in [-0.3, -0.25) is 0 Å². The van der Waals surface area contributed by atoms with E-state index in [1.165, 1.54) is 19.4 Å². The van der Waals surface area contributed by atoms with Gasteiger partial charge in [0.25, 0.3) is 5.92 Å². The molecule has 0 spiro atoms. The monoisotopic (exact) mass is 452 g/mol. The number of aliphatic hydroxyl groups is 3. The molecule has 0 saturated heterocycles. The van der Waals surface area contributed by atoms with Crippen LogP contribution in [0.4, 0.5) is 8.78 Å². The summed E-state index contributed by atoms with van der Waals surface area (Å²) in [6.45, 7) is 11.1. The topological polar surface area (TPSA) is 60.7 Å². The normalized spacial score (nSPS) is 37.7. The Labute approximate surface area is 192 Å². The highest BCUT2D eigenvalue weighted by atomic mass is 19.3. The van der Waals surface area contributed by atoms with Crippen LogP contribution in [0.2, 0.25) is 0 Å². The Morgan fingerprint density at radius 2 is 1.91 bits per heavy atom. The molecule has 0 heterocycles. The molecule has 3 saturated carbocycles. The number of rotatable bonds is 6. The average Bonchev–Trinajstić information content (AvgIpc) is 2.98. The number of alkyl halides is 2. The van der Waals surface area contributed by atoms with Gasteiger partial charge in [-0.25, -0.2) is 8.78 Å². The molecule has 3 aliphatic rings. The Kier molecular flexibility index (Phi) is 7.44. The molecule has 32 heavy (non-hydrogen) atoms. The Morgan fingerprint density at radius 1 is 1.22 bits per heavy atom. The highest BCUT2D eigenvalue weighted by Crippen LogP contribution is 2.60.